The summed E-state index contributed by atoms with van der Waals surface area (Å²) in [5.74, 6) is -1.85. The average Bonchev–Trinajstić information content (AvgIpc) is 2.60. The van der Waals surface area contributed by atoms with E-state index in [4.69, 9.17) is 16.9 Å². The fourth-order valence-electron chi connectivity index (χ4n) is 2.15. The minimum atomic E-state index is -0.939. The van der Waals surface area contributed by atoms with Crippen LogP contribution in [0, 0.1) is 11.3 Å². The molecule has 0 fully saturated rings. The highest BCUT2D eigenvalue weighted by molar-refractivity contribution is 6.40. The van der Waals surface area contributed by atoms with Crippen LogP contribution in [-0.4, -0.2) is 29.6 Å². The number of hydrogen-bond acceptors (Lipinski definition) is 4. The molecular weight excluding hydrogens is 342 g/mol. The number of aliphatic hydroxyl groups is 1. The monoisotopic (exact) mass is 357 g/mol. The van der Waals surface area contributed by atoms with Gasteiger partial charge in [0.1, 0.15) is 6.07 Å². The van der Waals surface area contributed by atoms with Gasteiger partial charge >= 0.3 is 11.8 Å². The van der Waals surface area contributed by atoms with E-state index < -0.39 is 17.9 Å². The number of aliphatic hydroxyl groups excluding tert-OH is 1. The zero-order valence-electron chi connectivity index (χ0n) is 13.2. The highest BCUT2D eigenvalue weighted by Crippen LogP contribution is 2.20. The van der Waals surface area contributed by atoms with E-state index >= 15 is 0 Å². The fraction of sp³-hybridized carbons (Fsp3) is 0.167. The van der Waals surface area contributed by atoms with Gasteiger partial charge in [0, 0.05) is 18.0 Å². The van der Waals surface area contributed by atoms with E-state index in [1.54, 1.807) is 0 Å². The zero-order chi connectivity index (χ0) is 18.2. The van der Waals surface area contributed by atoms with Gasteiger partial charge < -0.3 is 15.7 Å². The third-order valence-electron chi connectivity index (χ3n) is 3.37. The number of nitriles is 1. The Labute approximate surface area is 150 Å². The molecule has 0 heterocycles. The molecule has 7 heteroatoms. The minimum absolute atomic E-state index is 0.0677. The maximum atomic E-state index is 11.9. The molecule has 2 rings (SSSR count). The number of rotatable bonds is 5. The van der Waals surface area contributed by atoms with E-state index in [9.17, 15) is 14.7 Å². The van der Waals surface area contributed by atoms with Crippen molar-refractivity contribution in [3.8, 4) is 6.07 Å². The van der Waals surface area contributed by atoms with Crippen molar-refractivity contribution in [3.63, 3.8) is 0 Å². The number of amides is 2. The zero-order valence-corrected chi connectivity index (χ0v) is 14.0. The van der Waals surface area contributed by atoms with Gasteiger partial charge in [0.15, 0.2) is 0 Å². The van der Waals surface area contributed by atoms with E-state index in [2.05, 4.69) is 10.6 Å². The Morgan fingerprint density at radius 2 is 1.88 bits per heavy atom. The predicted octanol–water partition coefficient (Wildman–Crippen LogP) is 1.87. The van der Waals surface area contributed by atoms with Crippen molar-refractivity contribution in [1.29, 1.82) is 5.26 Å². The normalized spacial score (nSPS) is 11.2. The Kier molecular flexibility index (Phi) is 6.52. The maximum absolute atomic E-state index is 11.9. The molecule has 0 aliphatic heterocycles. The van der Waals surface area contributed by atoms with Crippen LogP contribution in [0.5, 0.6) is 0 Å². The van der Waals surface area contributed by atoms with Crippen LogP contribution in [0.25, 0.3) is 0 Å². The lowest BCUT2D eigenvalue weighted by Crippen LogP contribution is -2.40. The second-order valence-electron chi connectivity index (χ2n) is 5.31. The third kappa shape index (κ3) is 5.60. The van der Waals surface area contributed by atoms with Gasteiger partial charge in [-0.3, -0.25) is 9.59 Å². The Morgan fingerprint density at radius 1 is 1.16 bits per heavy atom. The van der Waals surface area contributed by atoms with Gasteiger partial charge in [-0.1, -0.05) is 41.9 Å². The first-order valence-electron chi connectivity index (χ1n) is 7.50. The largest absolute Gasteiger partial charge is 0.391 e. The smallest absolute Gasteiger partial charge is 0.313 e. The molecule has 2 aromatic rings. The van der Waals surface area contributed by atoms with Crippen LogP contribution in [0.3, 0.4) is 0 Å². The molecule has 128 valence electrons. The molecule has 0 saturated carbocycles. The molecule has 2 amide bonds. The van der Waals surface area contributed by atoms with Gasteiger partial charge in [0.25, 0.3) is 0 Å². The van der Waals surface area contributed by atoms with E-state index in [1.807, 2.05) is 36.4 Å². The topological polar surface area (TPSA) is 102 Å². The van der Waals surface area contributed by atoms with Crippen LogP contribution in [-0.2, 0) is 16.0 Å². The number of carbonyl (C=O) groups excluding carboxylic acids is 2. The van der Waals surface area contributed by atoms with Gasteiger partial charge in [-0.25, -0.2) is 0 Å². The first-order chi connectivity index (χ1) is 12.0. The van der Waals surface area contributed by atoms with Crippen molar-refractivity contribution in [2.75, 3.05) is 11.9 Å². The van der Waals surface area contributed by atoms with Crippen molar-refractivity contribution < 1.29 is 14.7 Å². The number of nitrogens with one attached hydrogen (secondary N) is 2. The molecule has 1 atom stereocenters. The molecule has 2 aromatic carbocycles. The Balaban J connectivity index is 1.87. The Morgan fingerprint density at radius 3 is 2.56 bits per heavy atom. The van der Waals surface area contributed by atoms with Crippen molar-refractivity contribution >= 4 is 29.1 Å². The predicted molar refractivity (Wildman–Crippen MR) is 94.0 cm³/mol. The molecule has 0 aromatic heterocycles. The summed E-state index contributed by atoms with van der Waals surface area (Å²) in [6, 6.07) is 15.5. The molecule has 0 aliphatic carbocycles. The molecule has 0 saturated heterocycles. The van der Waals surface area contributed by atoms with Crippen LogP contribution in [0.4, 0.5) is 5.69 Å². The first kappa shape index (κ1) is 18.5. The van der Waals surface area contributed by atoms with Crippen molar-refractivity contribution in [1.82, 2.24) is 5.32 Å². The van der Waals surface area contributed by atoms with E-state index in [-0.39, 0.29) is 17.8 Å². The third-order valence-corrected chi connectivity index (χ3v) is 3.60. The van der Waals surface area contributed by atoms with Crippen LogP contribution in [0.2, 0.25) is 5.02 Å². The van der Waals surface area contributed by atoms with Crippen LogP contribution in [0.1, 0.15) is 11.1 Å². The quantitative estimate of drug-likeness (QED) is 0.711. The molecular formula is C18H16ClN3O3. The lowest BCUT2D eigenvalue weighted by Gasteiger charge is -2.12. The minimum Gasteiger partial charge on any atom is -0.391 e. The number of carbonyl (C=O) groups is 2. The summed E-state index contributed by atoms with van der Waals surface area (Å²) in [7, 11) is 0. The van der Waals surface area contributed by atoms with Crippen LogP contribution in [0.15, 0.2) is 48.5 Å². The first-order valence-corrected chi connectivity index (χ1v) is 7.88. The highest BCUT2D eigenvalue weighted by atomic mass is 35.5. The van der Waals surface area contributed by atoms with Crippen molar-refractivity contribution in [3.05, 3.63) is 64.7 Å². The Bertz CT molecular complexity index is 803. The summed E-state index contributed by atoms with van der Waals surface area (Å²) in [5.41, 5.74) is 1.26. The number of hydrogen-bond donors (Lipinski definition) is 3. The highest BCUT2D eigenvalue weighted by Gasteiger charge is 2.17. The van der Waals surface area contributed by atoms with Crippen LogP contribution >= 0.6 is 11.6 Å². The lowest BCUT2D eigenvalue weighted by atomic mass is 10.1. The average molecular weight is 358 g/mol. The van der Waals surface area contributed by atoms with Gasteiger partial charge in [-0.2, -0.15) is 5.26 Å². The number of nitrogens with zero attached hydrogens (tertiary/aromatic N) is 1. The van der Waals surface area contributed by atoms with Gasteiger partial charge in [-0.15, -0.1) is 0 Å². The lowest BCUT2D eigenvalue weighted by molar-refractivity contribution is -0.136. The Hall–Kier alpha value is -2.88. The molecule has 0 bridgehead atoms. The summed E-state index contributed by atoms with van der Waals surface area (Å²) < 4.78 is 0. The molecule has 0 aliphatic rings. The summed E-state index contributed by atoms with van der Waals surface area (Å²) in [6.07, 6.45) is -0.463. The molecule has 1 unspecified atom stereocenters. The number of halogens is 1. The fourth-order valence-corrected chi connectivity index (χ4v) is 2.32. The molecule has 0 radical (unpaired) electrons. The standard InChI is InChI=1S/C18H16ClN3O3/c19-14-7-6-13(10-20)16(9-14)22-18(25)17(24)21-11-15(23)8-12-4-2-1-3-5-12/h1-7,9,15,23H,8,11H2,(H,21,24)(H,22,25). The van der Waals surface area contributed by atoms with E-state index in [1.165, 1.54) is 18.2 Å². The van der Waals surface area contributed by atoms with Crippen molar-refractivity contribution in [2.45, 2.75) is 12.5 Å². The van der Waals surface area contributed by atoms with Gasteiger partial charge in [0.2, 0.25) is 0 Å². The summed E-state index contributed by atoms with van der Waals surface area (Å²) in [4.78, 5) is 23.7. The number of benzene rings is 2. The molecule has 0 spiro atoms. The van der Waals surface area contributed by atoms with Crippen molar-refractivity contribution in [2.24, 2.45) is 0 Å². The summed E-state index contributed by atoms with van der Waals surface area (Å²) >= 11 is 5.82. The van der Waals surface area contributed by atoms with Gasteiger partial charge in [0.05, 0.1) is 17.4 Å². The second-order valence-corrected chi connectivity index (χ2v) is 5.75. The molecule has 6 nitrogen and oxygen atoms in total. The number of anilines is 1. The van der Waals surface area contributed by atoms with E-state index in [0.29, 0.717) is 11.4 Å². The van der Waals surface area contributed by atoms with Crippen LogP contribution < -0.4 is 10.6 Å². The second kappa shape index (κ2) is 8.83. The van der Waals surface area contributed by atoms with E-state index in [0.717, 1.165) is 5.56 Å². The van der Waals surface area contributed by atoms with Gasteiger partial charge in [-0.05, 0) is 23.8 Å². The maximum Gasteiger partial charge on any atom is 0.313 e. The molecule has 25 heavy (non-hydrogen) atoms. The summed E-state index contributed by atoms with van der Waals surface area (Å²) in [5, 5.41) is 24.0. The summed E-state index contributed by atoms with van der Waals surface area (Å²) in [6.45, 7) is -0.0677. The molecule has 3 N–H and O–H groups in total. The SMILES string of the molecule is N#Cc1ccc(Cl)cc1NC(=O)C(=O)NCC(O)Cc1ccccc1.